The number of benzene rings is 5. The number of carbonyl (C=O) groups is 5. The van der Waals surface area contributed by atoms with Gasteiger partial charge < -0.3 is 25.8 Å². The number of amidine groups is 1. The standard InChI is InChI=1S/C45H34N6O11/c46-39-33-40(49-45(48-39,51(60)61)38(57)32-24-14-5-15-25-32)50(27-47-33)44(37(56)31-22-12-4-13-23-31)43(59,36(55)30-20-10-3-11-21-30)42(58,35(54)29-18-8-2-9-19-29)41(26-52,62-44)34(53)28-16-6-1-7-17-28/h1-25,27,49,52,58-59H,26H2,(H2,46,48)/t41-,42+,43+,44+,45?/m0/s1. The number of rotatable bonds is 13. The largest absolute Gasteiger partial charge is 0.460 e. The summed E-state index contributed by atoms with van der Waals surface area (Å²) in [5.74, 6) is -12.0. The van der Waals surface area contributed by atoms with Crippen molar-refractivity contribution in [2.24, 2.45) is 10.7 Å². The van der Waals surface area contributed by atoms with Crippen LogP contribution in [0.4, 0.5) is 5.82 Å². The van der Waals surface area contributed by atoms with Crippen LogP contribution in [0.25, 0.3) is 0 Å². The molecule has 0 amide bonds. The van der Waals surface area contributed by atoms with E-state index in [9.17, 15) is 30.2 Å². The van der Waals surface area contributed by atoms with Crippen molar-refractivity contribution in [2.75, 3.05) is 11.9 Å². The van der Waals surface area contributed by atoms with Crippen molar-refractivity contribution in [2.45, 2.75) is 28.3 Å². The molecule has 5 atom stereocenters. The van der Waals surface area contributed by atoms with Crippen LogP contribution in [0.15, 0.2) is 163 Å². The van der Waals surface area contributed by atoms with E-state index in [4.69, 9.17) is 10.5 Å². The Hall–Kier alpha value is -7.83. The summed E-state index contributed by atoms with van der Waals surface area (Å²) in [6.45, 7) is -1.68. The Balaban J connectivity index is 1.54. The van der Waals surface area contributed by atoms with Gasteiger partial charge in [0.05, 0.1) is 11.5 Å². The fourth-order valence-corrected chi connectivity index (χ4v) is 8.16. The zero-order valence-corrected chi connectivity index (χ0v) is 32.2. The Morgan fingerprint density at radius 2 is 1.02 bits per heavy atom. The number of hydrogen-bond acceptors (Lipinski definition) is 15. The van der Waals surface area contributed by atoms with Gasteiger partial charge in [-0.05, 0) is 0 Å². The van der Waals surface area contributed by atoms with Crippen LogP contribution in [-0.4, -0.2) is 93.7 Å². The number of Topliss-reactive ketones (excluding diaryl/α,β-unsaturated/α-hetero) is 5. The summed E-state index contributed by atoms with van der Waals surface area (Å²) in [6.07, 6.45) is 0.737. The number of hydrogen-bond donors (Lipinski definition) is 5. The highest BCUT2D eigenvalue weighted by atomic mass is 16.6. The number of imidazole rings is 1. The third kappa shape index (κ3) is 5.53. The molecule has 0 bridgehead atoms. The van der Waals surface area contributed by atoms with Gasteiger partial charge in [0.1, 0.15) is 17.8 Å². The van der Waals surface area contributed by atoms with E-state index in [1.165, 1.54) is 146 Å². The van der Waals surface area contributed by atoms with Crippen LogP contribution in [0.3, 0.4) is 0 Å². The maximum atomic E-state index is 15.9. The smallest absolute Gasteiger partial charge is 0.393 e. The van der Waals surface area contributed by atoms with E-state index in [1.807, 2.05) is 0 Å². The predicted molar refractivity (Wildman–Crippen MR) is 219 cm³/mol. The molecule has 0 radical (unpaired) electrons. The number of anilines is 1. The summed E-state index contributed by atoms with van der Waals surface area (Å²) in [5, 5.41) is 54.9. The number of nitrogens with one attached hydrogen (secondary N) is 1. The highest BCUT2D eigenvalue weighted by Gasteiger charge is 2.89. The van der Waals surface area contributed by atoms with Crippen LogP contribution >= 0.6 is 0 Å². The van der Waals surface area contributed by atoms with E-state index < -0.39 is 97.2 Å². The molecule has 0 aliphatic carbocycles. The maximum Gasteiger partial charge on any atom is 0.460 e. The summed E-state index contributed by atoms with van der Waals surface area (Å²) < 4.78 is 7.16. The van der Waals surface area contributed by atoms with Gasteiger partial charge in [-0.3, -0.25) is 44.0 Å². The summed E-state index contributed by atoms with van der Waals surface area (Å²) in [6, 6.07) is 33.9. The monoisotopic (exact) mass is 834 g/mol. The van der Waals surface area contributed by atoms with Crippen molar-refractivity contribution in [3.63, 3.8) is 0 Å². The molecule has 3 heterocycles. The molecule has 0 saturated carbocycles. The number of nitrogens with two attached hydrogens (primary N) is 1. The number of ether oxygens (including phenoxy) is 1. The van der Waals surface area contributed by atoms with Gasteiger partial charge in [0, 0.05) is 27.8 Å². The first kappa shape index (κ1) is 40.9. The Labute approximate surface area is 350 Å². The highest BCUT2D eigenvalue weighted by molar-refractivity contribution is 6.22. The maximum absolute atomic E-state index is 15.9. The summed E-state index contributed by atoms with van der Waals surface area (Å²) in [5.41, 5.74) is -11.2. The van der Waals surface area contributed by atoms with E-state index in [0.717, 1.165) is 6.33 Å². The number of aliphatic imine (C=N–C) groups is 1. The lowest BCUT2D eigenvalue weighted by Crippen LogP contribution is -2.76. The molecule has 1 aromatic heterocycles. The van der Waals surface area contributed by atoms with Crippen LogP contribution in [0.2, 0.25) is 0 Å². The van der Waals surface area contributed by atoms with Crippen LogP contribution in [0.1, 0.15) is 57.5 Å². The van der Waals surface area contributed by atoms with Gasteiger partial charge in [-0.25, -0.2) is 4.98 Å². The molecule has 5 aromatic carbocycles. The molecule has 1 unspecified atom stereocenters. The Morgan fingerprint density at radius 3 is 1.44 bits per heavy atom. The second-order valence-corrected chi connectivity index (χ2v) is 14.5. The summed E-state index contributed by atoms with van der Waals surface area (Å²) in [4.78, 5) is 96.6. The molecule has 6 N–H and O–H groups in total. The molecule has 310 valence electrons. The molecular weight excluding hydrogens is 801 g/mol. The van der Waals surface area contributed by atoms with Gasteiger partial charge in [-0.15, -0.1) is 0 Å². The number of aliphatic hydroxyl groups excluding tert-OH is 1. The van der Waals surface area contributed by atoms with Gasteiger partial charge in [-0.1, -0.05) is 152 Å². The minimum absolute atomic E-state index is 0.221. The van der Waals surface area contributed by atoms with Crippen molar-refractivity contribution in [1.82, 2.24) is 9.55 Å². The second kappa shape index (κ2) is 15.0. The fraction of sp³-hybridized carbons (Fsp3) is 0.133. The number of aromatic nitrogens is 2. The number of fused-ring (bicyclic) bond motifs is 1. The first-order chi connectivity index (χ1) is 29.7. The first-order valence-corrected chi connectivity index (χ1v) is 18.9. The number of nitrogens with zero attached hydrogens (tertiary/aromatic N) is 4. The molecule has 6 aromatic rings. The fourth-order valence-electron chi connectivity index (χ4n) is 8.16. The van der Waals surface area contributed by atoms with Crippen molar-refractivity contribution < 1.29 is 49.0 Å². The van der Waals surface area contributed by atoms with Crippen LogP contribution in [-0.2, 0) is 10.5 Å². The topological polar surface area (TPSA) is 267 Å². The van der Waals surface area contributed by atoms with E-state index in [1.54, 1.807) is 6.07 Å². The number of aliphatic hydroxyl groups is 3. The molecule has 2 aliphatic rings. The van der Waals surface area contributed by atoms with Gasteiger partial charge in [0.15, 0.2) is 11.4 Å². The Bertz CT molecular complexity index is 2810. The minimum Gasteiger partial charge on any atom is -0.393 e. The average Bonchev–Trinajstić information content (AvgIpc) is 3.83. The third-order valence-electron chi connectivity index (χ3n) is 11.2. The zero-order valence-electron chi connectivity index (χ0n) is 32.2. The third-order valence-corrected chi connectivity index (χ3v) is 11.2. The van der Waals surface area contributed by atoms with Crippen molar-refractivity contribution >= 4 is 40.6 Å². The molecule has 0 spiro atoms. The lowest BCUT2D eigenvalue weighted by molar-refractivity contribution is -0.539. The van der Waals surface area contributed by atoms with Crippen LogP contribution in [0.5, 0.6) is 0 Å². The number of nitro groups is 1. The van der Waals surface area contributed by atoms with E-state index >= 15 is 19.2 Å². The van der Waals surface area contributed by atoms with Crippen LogP contribution in [0, 0.1) is 10.1 Å². The number of carbonyl (C=O) groups excluding carboxylic acids is 5. The van der Waals surface area contributed by atoms with Crippen LogP contribution < -0.4 is 11.1 Å². The van der Waals surface area contributed by atoms with Crippen molar-refractivity contribution in [1.29, 1.82) is 0 Å². The summed E-state index contributed by atoms with van der Waals surface area (Å²) in [7, 11) is 0. The lowest BCUT2D eigenvalue weighted by atomic mass is 9.61. The van der Waals surface area contributed by atoms with Gasteiger partial charge in [-0.2, -0.15) is 4.99 Å². The summed E-state index contributed by atoms with van der Waals surface area (Å²) >= 11 is 0. The lowest BCUT2D eigenvalue weighted by Gasteiger charge is -2.45. The predicted octanol–water partition coefficient (Wildman–Crippen LogP) is 3.24. The van der Waals surface area contributed by atoms with Crippen molar-refractivity contribution in [3.05, 3.63) is 202 Å². The minimum atomic E-state index is -4.07. The SMILES string of the molecule is NC1=NC(C(=O)c2ccccc2)([N+](=O)[O-])Nc2c1ncn2[C@]1(C(=O)c2ccccc2)O[C@@](CO)(C(=O)c2ccccc2)[C@](O)(C(=O)c2ccccc2)[C@]1(O)C(=O)c1ccccc1. The molecule has 17 nitrogen and oxygen atoms in total. The zero-order chi connectivity index (χ0) is 44.1. The Morgan fingerprint density at radius 1 is 0.629 bits per heavy atom. The average molecular weight is 835 g/mol. The van der Waals surface area contributed by atoms with E-state index in [-0.39, 0.29) is 16.7 Å². The number of ketones is 5. The van der Waals surface area contributed by atoms with Gasteiger partial charge >= 0.3 is 5.79 Å². The molecule has 2 aliphatic heterocycles. The quantitative estimate of drug-likeness (QED) is 0.0636. The first-order valence-electron chi connectivity index (χ1n) is 18.9. The molecule has 62 heavy (non-hydrogen) atoms. The Kier molecular flexibility index (Phi) is 9.91. The molecule has 1 fully saturated rings. The molecule has 8 rings (SSSR count). The molecular formula is C45H34N6O11. The highest BCUT2D eigenvalue weighted by Crippen LogP contribution is 2.60. The molecule has 17 heteroatoms. The van der Waals surface area contributed by atoms with Gasteiger partial charge in [0.2, 0.25) is 34.3 Å². The molecule has 1 saturated heterocycles. The van der Waals surface area contributed by atoms with E-state index in [2.05, 4.69) is 15.3 Å². The second-order valence-electron chi connectivity index (χ2n) is 14.5. The van der Waals surface area contributed by atoms with Crippen molar-refractivity contribution in [3.8, 4) is 0 Å². The van der Waals surface area contributed by atoms with Gasteiger partial charge in [0.25, 0.3) is 11.5 Å². The van der Waals surface area contributed by atoms with E-state index in [0.29, 0.717) is 4.57 Å². The normalized spacial score (nSPS) is 25.1.